The summed E-state index contributed by atoms with van der Waals surface area (Å²) < 4.78 is 0. The fraction of sp³-hybridized carbons (Fsp3) is 0.333. The van der Waals surface area contributed by atoms with Gasteiger partial charge in [-0.15, -0.1) is 12.1 Å². The minimum absolute atomic E-state index is 0. The smallest absolute Gasteiger partial charge is 0 e. The molecule has 0 aliphatic rings. The van der Waals surface area contributed by atoms with Gasteiger partial charge in [0.15, 0.2) is 0 Å². The van der Waals surface area contributed by atoms with Crippen molar-refractivity contribution in [1.82, 2.24) is 0 Å². The van der Waals surface area contributed by atoms with E-state index in [2.05, 4.69) is 38.5 Å². The van der Waals surface area contributed by atoms with E-state index >= 15 is 0 Å². The predicted octanol–water partition coefficient (Wildman–Crippen LogP) is 3.61. The van der Waals surface area contributed by atoms with Crippen LogP contribution in [0.5, 0.6) is 0 Å². The molecule has 0 fully saturated rings. The van der Waals surface area contributed by atoms with Crippen LogP contribution in [-0.4, -0.2) is 0 Å². The SMILES string of the molecule is [CH2-]c1ccccc1[CH-]CCCC.[Y]. The Balaban J connectivity index is 0.00000144. The fourth-order valence-corrected chi connectivity index (χ4v) is 1.20. The van der Waals surface area contributed by atoms with Gasteiger partial charge in [-0.25, -0.2) is 18.6 Å². The zero-order valence-electron chi connectivity index (χ0n) is 8.29. The van der Waals surface area contributed by atoms with E-state index in [-0.39, 0.29) is 32.7 Å². The van der Waals surface area contributed by atoms with E-state index in [1.54, 1.807) is 0 Å². The molecule has 0 unspecified atom stereocenters. The Morgan fingerprint density at radius 1 is 1.31 bits per heavy atom. The molecule has 69 valence electrons. The van der Waals surface area contributed by atoms with Crippen molar-refractivity contribution >= 4 is 0 Å². The van der Waals surface area contributed by atoms with Crippen LogP contribution in [0.4, 0.5) is 0 Å². The standard InChI is InChI=1S/C12H16.Y/c1-3-4-5-9-12-10-7-6-8-11(12)2;/h6-10H,2-5H2,1H3;/q-2;. The molecule has 0 heterocycles. The van der Waals surface area contributed by atoms with Gasteiger partial charge in [-0.1, -0.05) is 26.2 Å². The fourth-order valence-electron chi connectivity index (χ4n) is 1.20. The van der Waals surface area contributed by atoms with Gasteiger partial charge >= 0.3 is 0 Å². The average molecular weight is 249 g/mol. The molecule has 0 nitrogen and oxygen atoms in total. The molecule has 0 aliphatic heterocycles. The first-order chi connectivity index (χ1) is 5.84. The van der Waals surface area contributed by atoms with E-state index in [1.165, 1.54) is 24.8 Å². The first-order valence-electron chi connectivity index (χ1n) is 4.58. The molecule has 0 saturated heterocycles. The average Bonchev–Trinajstić information content (AvgIpc) is 2.09. The van der Waals surface area contributed by atoms with Crippen LogP contribution in [0.3, 0.4) is 0 Å². The Kier molecular flexibility index (Phi) is 7.50. The molecule has 0 aromatic heterocycles. The molecule has 0 saturated carbocycles. The molecular weight excluding hydrogens is 233 g/mol. The van der Waals surface area contributed by atoms with Gasteiger partial charge in [0, 0.05) is 32.7 Å². The van der Waals surface area contributed by atoms with Crippen molar-refractivity contribution in [2.75, 3.05) is 0 Å². The molecule has 1 aromatic rings. The largest absolute Gasteiger partial charge is 0.299 e. The third kappa shape index (κ3) is 4.73. The Morgan fingerprint density at radius 2 is 2.00 bits per heavy atom. The summed E-state index contributed by atoms with van der Waals surface area (Å²) in [4.78, 5) is 0. The molecule has 1 aromatic carbocycles. The van der Waals surface area contributed by atoms with Gasteiger partial charge in [0.25, 0.3) is 0 Å². The van der Waals surface area contributed by atoms with Crippen LogP contribution in [0.25, 0.3) is 0 Å². The maximum absolute atomic E-state index is 3.97. The van der Waals surface area contributed by atoms with Crippen molar-refractivity contribution in [3.63, 3.8) is 0 Å². The number of benzene rings is 1. The summed E-state index contributed by atoms with van der Waals surface area (Å²) in [6.45, 7) is 6.18. The number of hydrogen-bond donors (Lipinski definition) is 0. The normalized spacial score (nSPS) is 9.00. The van der Waals surface area contributed by atoms with Crippen LogP contribution in [0.15, 0.2) is 24.3 Å². The molecule has 1 heteroatoms. The maximum atomic E-state index is 3.97. The Hall–Kier alpha value is 0.0639. The maximum Gasteiger partial charge on any atom is 0 e. The van der Waals surface area contributed by atoms with E-state index < -0.39 is 0 Å². The van der Waals surface area contributed by atoms with Crippen molar-refractivity contribution in [2.45, 2.75) is 26.2 Å². The van der Waals surface area contributed by atoms with Gasteiger partial charge in [-0.05, 0) is 0 Å². The molecule has 0 N–H and O–H groups in total. The second-order valence-electron chi connectivity index (χ2n) is 3.05. The molecule has 0 aliphatic carbocycles. The molecular formula is C12H16Y-2. The van der Waals surface area contributed by atoms with Crippen molar-refractivity contribution < 1.29 is 32.7 Å². The zero-order valence-corrected chi connectivity index (χ0v) is 11.1. The minimum atomic E-state index is 0. The number of rotatable bonds is 4. The van der Waals surface area contributed by atoms with Gasteiger partial charge in [0.2, 0.25) is 0 Å². The van der Waals surface area contributed by atoms with E-state index in [4.69, 9.17) is 0 Å². The summed E-state index contributed by atoms with van der Waals surface area (Å²) in [6.07, 6.45) is 5.97. The summed E-state index contributed by atoms with van der Waals surface area (Å²) in [5.41, 5.74) is 2.42. The minimum Gasteiger partial charge on any atom is -0.299 e. The summed E-state index contributed by atoms with van der Waals surface area (Å²) in [5.74, 6) is 0. The second kappa shape index (κ2) is 7.47. The van der Waals surface area contributed by atoms with Crippen LogP contribution < -0.4 is 0 Å². The topological polar surface area (TPSA) is 0 Å². The van der Waals surface area contributed by atoms with Crippen LogP contribution in [0.2, 0.25) is 0 Å². The van der Waals surface area contributed by atoms with E-state index in [1.807, 2.05) is 6.07 Å². The first-order valence-corrected chi connectivity index (χ1v) is 4.58. The van der Waals surface area contributed by atoms with Gasteiger partial charge < -0.3 is 0 Å². The van der Waals surface area contributed by atoms with Gasteiger partial charge in [-0.3, -0.25) is 18.1 Å². The molecule has 13 heavy (non-hydrogen) atoms. The molecule has 0 bridgehead atoms. The second-order valence-corrected chi connectivity index (χ2v) is 3.05. The van der Waals surface area contributed by atoms with Crippen LogP contribution >= 0.6 is 0 Å². The Labute approximate surface area is 107 Å². The quantitative estimate of drug-likeness (QED) is 0.565. The van der Waals surface area contributed by atoms with Crippen LogP contribution in [-0.2, 0) is 32.7 Å². The van der Waals surface area contributed by atoms with Gasteiger partial charge in [0.1, 0.15) is 0 Å². The molecule has 0 amide bonds. The Morgan fingerprint density at radius 3 is 2.62 bits per heavy atom. The van der Waals surface area contributed by atoms with E-state index in [9.17, 15) is 0 Å². The van der Waals surface area contributed by atoms with Crippen molar-refractivity contribution in [2.24, 2.45) is 0 Å². The van der Waals surface area contributed by atoms with E-state index in [0.29, 0.717) is 0 Å². The number of unbranched alkanes of at least 4 members (excludes halogenated alkanes) is 2. The molecule has 1 rings (SSSR count). The summed E-state index contributed by atoms with van der Waals surface area (Å²) in [5, 5.41) is 0. The van der Waals surface area contributed by atoms with Gasteiger partial charge in [-0.2, -0.15) is 0 Å². The van der Waals surface area contributed by atoms with Crippen molar-refractivity contribution in [3.05, 3.63) is 48.7 Å². The van der Waals surface area contributed by atoms with Crippen LogP contribution in [0, 0.1) is 13.3 Å². The third-order valence-electron chi connectivity index (χ3n) is 1.98. The van der Waals surface area contributed by atoms with Crippen molar-refractivity contribution in [1.29, 1.82) is 0 Å². The van der Waals surface area contributed by atoms with E-state index in [0.717, 1.165) is 5.56 Å². The first kappa shape index (κ1) is 13.1. The van der Waals surface area contributed by atoms with Gasteiger partial charge in [0.05, 0.1) is 0 Å². The molecule has 0 atom stereocenters. The number of hydrogen-bond acceptors (Lipinski definition) is 0. The third-order valence-corrected chi connectivity index (χ3v) is 1.98. The molecule has 0 spiro atoms. The zero-order chi connectivity index (χ0) is 8.81. The monoisotopic (exact) mass is 249 g/mol. The predicted molar refractivity (Wildman–Crippen MR) is 53.8 cm³/mol. The molecule has 1 radical (unpaired) electrons. The summed E-state index contributed by atoms with van der Waals surface area (Å²) in [6, 6.07) is 8.27. The summed E-state index contributed by atoms with van der Waals surface area (Å²) >= 11 is 0. The Bertz CT molecular complexity index is 230. The van der Waals surface area contributed by atoms with Crippen LogP contribution in [0.1, 0.15) is 37.3 Å². The van der Waals surface area contributed by atoms with Crippen molar-refractivity contribution in [3.8, 4) is 0 Å². The summed E-state index contributed by atoms with van der Waals surface area (Å²) in [7, 11) is 0.